The summed E-state index contributed by atoms with van der Waals surface area (Å²) in [5.41, 5.74) is 0.409. The number of rotatable bonds is 8. The van der Waals surface area contributed by atoms with Gasteiger partial charge in [-0.25, -0.2) is 0 Å². The molecule has 8 nitrogen and oxygen atoms in total. The van der Waals surface area contributed by atoms with Crippen molar-refractivity contribution in [3.8, 4) is 0 Å². The highest BCUT2D eigenvalue weighted by atomic mass is 19.4. The number of nitro groups is 1. The van der Waals surface area contributed by atoms with Crippen molar-refractivity contribution in [2.75, 3.05) is 44.6 Å². The Hall–Kier alpha value is -2.56. The van der Waals surface area contributed by atoms with Gasteiger partial charge in [0, 0.05) is 38.3 Å². The monoisotopic (exact) mass is 402 g/mol. The van der Waals surface area contributed by atoms with Crippen molar-refractivity contribution in [3.05, 3.63) is 34.4 Å². The van der Waals surface area contributed by atoms with E-state index < -0.39 is 17.6 Å². The molecule has 1 atom stereocenters. The van der Waals surface area contributed by atoms with Crippen molar-refractivity contribution in [1.29, 1.82) is 0 Å². The third-order valence-electron chi connectivity index (χ3n) is 4.16. The minimum atomic E-state index is -4.20. The van der Waals surface area contributed by atoms with Gasteiger partial charge < -0.3 is 16.0 Å². The van der Waals surface area contributed by atoms with Gasteiger partial charge in [-0.2, -0.15) is 13.2 Å². The van der Waals surface area contributed by atoms with Crippen LogP contribution in [0, 0.1) is 10.1 Å². The predicted molar refractivity (Wildman–Crippen MR) is 102 cm³/mol. The summed E-state index contributed by atoms with van der Waals surface area (Å²) in [6.45, 7) is 3.02. The molecular weight excluding hydrogens is 377 g/mol. The molecular formula is C17H25F3N6O2. The molecule has 28 heavy (non-hydrogen) atoms. The van der Waals surface area contributed by atoms with Gasteiger partial charge in [-0.15, -0.1) is 0 Å². The molecule has 1 aromatic carbocycles. The number of hydrogen-bond acceptors (Lipinski definition) is 5. The Kier molecular flexibility index (Phi) is 7.85. The molecule has 0 spiro atoms. The van der Waals surface area contributed by atoms with E-state index in [9.17, 15) is 23.3 Å². The Balaban J connectivity index is 1.84. The number of nitro benzene ring substituents is 1. The molecule has 11 heteroatoms. The van der Waals surface area contributed by atoms with Crippen LogP contribution in [0.1, 0.15) is 13.3 Å². The number of hydrogen-bond donors (Lipinski definition) is 3. The van der Waals surface area contributed by atoms with Gasteiger partial charge in [0.1, 0.15) is 5.69 Å². The van der Waals surface area contributed by atoms with Gasteiger partial charge in [0.15, 0.2) is 5.96 Å². The maximum absolute atomic E-state index is 12.5. The average Bonchev–Trinajstić information content (AvgIpc) is 3.04. The van der Waals surface area contributed by atoms with Crippen molar-refractivity contribution in [2.45, 2.75) is 25.6 Å². The standard InChI is InChI=1S/C17H25F3N6O2/c1-2-21-16(24-13-7-10-25(11-13)12-17(18,19)20)23-9-8-22-14-5-3-4-6-15(14)26(27)28/h3-6,13,22H,2,7-12H2,1H3,(H2,21,23,24). The van der Waals surface area contributed by atoms with E-state index in [1.54, 1.807) is 18.2 Å². The van der Waals surface area contributed by atoms with E-state index in [2.05, 4.69) is 20.9 Å². The number of guanidine groups is 1. The number of anilines is 1. The molecule has 1 unspecified atom stereocenters. The zero-order valence-electron chi connectivity index (χ0n) is 15.6. The number of nitrogens with one attached hydrogen (secondary N) is 3. The lowest BCUT2D eigenvalue weighted by Crippen LogP contribution is -2.45. The Morgan fingerprint density at radius 3 is 2.82 bits per heavy atom. The van der Waals surface area contributed by atoms with Crippen molar-refractivity contribution >= 4 is 17.3 Å². The highest BCUT2D eigenvalue weighted by molar-refractivity contribution is 5.80. The molecule has 0 amide bonds. The summed E-state index contributed by atoms with van der Waals surface area (Å²) in [4.78, 5) is 16.3. The number of para-hydroxylation sites is 2. The lowest BCUT2D eigenvalue weighted by atomic mass is 10.2. The molecule has 1 aliphatic rings. The molecule has 1 heterocycles. The molecule has 0 radical (unpaired) electrons. The van der Waals surface area contributed by atoms with Gasteiger partial charge in [-0.05, 0) is 19.4 Å². The Labute approximate surface area is 161 Å². The smallest absolute Gasteiger partial charge is 0.378 e. The van der Waals surface area contributed by atoms with Crippen LogP contribution < -0.4 is 16.0 Å². The van der Waals surface area contributed by atoms with Crippen LogP contribution in [0.4, 0.5) is 24.5 Å². The molecule has 0 aromatic heterocycles. The first-order chi connectivity index (χ1) is 13.3. The molecule has 2 rings (SSSR count). The minimum absolute atomic E-state index is 0.00720. The molecule has 0 saturated carbocycles. The molecule has 3 N–H and O–H groups in total. The number of halogens is 3. The fourth-order valence-electron chi connectivity index (χ4n) is 3.00. The van der Waals surface area contributed by atoms with Crippen LogP contribution in [0.5, 0.6) is 0 Å². The maximum Gasteiger partial charge on any atom is 0.401 e. The quantitative estimate of drug-likeness (QED) is 0.203. The SMILES string of the molecule is CCNC(=NCCNc1ccccc1[N+](=O)[O-])NC1CCN(CC(F)(F)F)C1. The summed E-state index contributed by atoms with van der Waals surface area (Å²) in [7, 11) is 0. The van der Waals surface area contributed by atoms with Crippen molar-refractivity contribution in [1.82, 2.24) is 15.5 Å². The van der Waals surface area contributed by atoms with Crippen LogP contribution in [0.15, 0.2) is 29.3 Å². The first-order valence-electron chi connectivity index (χ1n) is 9.09. The van der Waals surface area contributed by atoms with E-state index in [0.29, 0.717) is 50.8 Å². The Bertz CT molecular complexity index is 683. The maximum atomic E-state index is 12.5. The third-order valence-corrected chi connectivity index (χ3v) is 4.16. The van der Waals surface area contributed by atoms with Gasteiger partial charge in [0.05, 0.1) is 18.0 Å². The third kappa shape index (κ3) is 7.22. The Morgan fingerprint density at radius 2 is 2.14 bits per heavy atom. The summed E-state index contributed by atoms with van der Waals surface area (Å²) in [5, 5.41) is 20.2. The highest BCUT2D eigenvalue weighted by Crippen LogP contribution is 2.22. The molecule has 1 aromatic rings. The molecule has 0 aliphatic carbocycles. The van der Waals surface area contributed by atoms with E-state index in [1.807, 2.05) is 6.92 Å². The van der Waals surface area contributed by atoms with Crippen molar-refractivity contribution < 1.29 is 18.1 Å². The fourth-order valence-corrected chi connectivity index (χ4v) is 3.00. The lowest BCUT2D eigenvalue weighted by molar-refractivity contribution is -0.384. The van der Waals surface area contributed by atoms with Gasteiger partial charge in [0.25, 0.3) is 5.69 Å². The molecule has 1 fully saturated rings. The zero-order chi connectivity index (χ0) is 20.6. The molecule has 156 valence electrons. The minimum Gasteiger partial charge on any atom is -0.378 e. The summed E-state index contributed by atoms with van der Waals surface area (Å²) < 4.78 is 37.5. The van der Waals surface area contributed by atoms with Gasteiger partial charge >= 0.3 is 6.18 Å². The van der Waals surface area contributed by atoms with Crippen LogP contribution in [-0.4, -0.2) is 67.3 Å². The second kappa shape index (κ2) is 10.1. The second-order valence-corrected chi connectivity index (χ2v) is 6.44. The van der Waals surface area contributed by atoms with Crippen molar-refractivity contribution in [3.63, 3.8) is 0 Å². The molecule has 1 aliphatic heterocycles. The second-order valence-electron chi connectivity index (χ2n) is 6.44. The summed E-state index contributed by atoms with van der Waals surface area (Å²) in [6, 6.07) is 6.24. The van der Waals surface area contributed by atoms with Crippen LogP contribution in [-0.2, 0) is 0 Å². The molecule has 1 saturated heterocycles. The predicted octanol–water partition coefficient (Wildman–Crippen LogP) is 2.20. The van der Waals surface area contributed by atoms with E-state index in [1.165, 1.54) is 11.0 Å². The van der Waals surface area contributed by atoms with Gasteiger partial charge in [-0.3, -0.25) is 20.0 Å². The average molecular weight is 402 g/mol. The number of nitrogens with zero attached hydrogens (tertiary/aromatic N) is 3. The summed E-state index contributed by atoms with van der Waals surface area (Å²) >= 11 is 0. The first-order valence-corrected chi connectivity index (χ1v) is 9.09. The number of likely N-dealkylation sites (tertiary alicyclic amines) is 1. The fraction of sp³-hybridized carbons (Fsp3) is 0.588. The van der Waals surface area contributed by atoms with Crippen LogP contribution >= 0.6 is 0 Å². The van der Waals surface area contributed by atoms with Crippen LogP contribution in [0.3, 0.4) is 0 Å². The lowest BCUT2D eigenvalue weighted by Gasteiger charge is -2.19. The van der Waals surface area contributed by atoms with E-state index in [-0.39, 0.29) is 11.7 Å². The summed E-state index contributed by atoms with van der Waals surface area (Å²) in [6.07, 6.45) is -3.59. The normalized spacial score (nSPS) is 18.1. The van der Waals surface area contributed by atoms with Crippen LogP contribution in [0.2, 0.25) is 0 Å². The van der Waals surface area contributed by atoms with E-state index in [4.69, 9.17) is 0 Å². The van der Waals surface area contributed by atoms with E-state index in [0.717, 1.165) is 0 Å². The number of aliphatic imine (C=N–C) groups is 1. The van der Waals surface area contributed by atoms with Crippen molar-refractivity contribution in [2.24, 2.45) is 4.99 Å². The molecule has 0 bridgehead atoms. The van der Waals surface area contributed by atoms with Gasteiger partial charge in [-0.1, -0.05) is 12.1 Å². The number of benzene rings is 1. The van der Waals surface area contributed by atoms with E-state index >= 15 is 0 Å². The summed E-state index contributed by atoms with van der Waals surface area (Å²) in [5.74, 6) is 0.519. The Morgan fingerprint density at radius 1 is 1.39 bits per heavy atom. The first kappa shape index (κ1) is 21.7. The largest absolute Gasteiger partial charge is 0.401 e. The van der Waals surface area contributed by atoms with Gasteiger partial charge in [0.2, 0.25) is 0 Å². The zero-order valence-corrected chi connectivity index (χ0v) is 15.6. The topological polar surface area (TPSA) is 94.8 Å². The highest BCUT2D eigenvalue weighted by Gasteiger charge is 2.34. The van der Waals surface area contributed by atoms with Crippen LogP contribution in [0.25, 0.3) is 0 Å². The number of alkyl halides is 3.